The zero-order chi connectivity index (χ0) is 16.6. The van der Waals surface area contributed by atoms with E-state index in [0.29, 0.717) is 17.5 Å². The van der Waals surface area contributed by atoms with E-state index in [-0.39, 0.29) is 18.0 Å². The minimum atomic E-state index is -0.760. The average Bonchev–Trinajstić information content (AvgIpc) is 2.97. The molecular formula is C13H12N6O4. The Labute approximate surface area is 129 Å². The van der Waals surface area contributed by atoms with Gasteiger partial charge in [0.15, 0.2) is 0 Å². The summed E-state index contributed by atoms with van der Waals surface area (Å²) in [6.07, 6.45) is -0.112. The van der Waals surface area contributed by atoms with Gasteiger partial charge in [-0.1, -0.05) is 0 Å². The molecule has 0 radical (unpaired) electrons. The quantitative estimate of drug-likeness (QED) is 0.639. The normalized spacial score (nSPS) is 15.9. The highest BCUT2D eigenvalue weighted by Gasteiger charge is 2.34. The fourth-order valence-corrected chi connectivity index (χ4v) is 2.27. The summed E-state index contributed by atoms with van der Waals surface area (Å²) in [6.45, 7) is 1.69. The Morgan fingerprint density at radius 1 is 1.43 bits per heavy atom. The summed E-state index contributed by atoms with van der Waals surface area (Å²) in [5.41, 5.74) is 0.343. The van der Waals surface area contributed by atoms with Gasteiger partial charge in [-0.15, -0.1) is 0 Å². The zero-order valence-corrected chi connectivity index (χ0v) is 12.0. The number of non-ortho nitro benzene ring substituents is 1. The van der Waals surface area contributed by atoms with Gasteiger partial charge in [-0.25, -0.2) is 4.68 Å². The van der Waals surface area contributed by atoms with Crippen LogP contribution in [0.3, 0.4) is 0 Å². The summed E-state index contributed by atoms with van der Waals surface area (Å²) >= 11 is 0. The standard InChI is InChI=1S/C13H12N6O4/c1-7-14-13-16-12(21)10(18(13)17-7)6-11(20)15-8-2-4-9(5-3-8)19(22)23/h2-5,10H,6H2,1H3,(H,15,20)(H,14,16,17,21)/t10-/m0/s1. The van der Waals surface area contributed by atoms with Crippen LogP contribution in [0.4, 0.5) is 17.3 Å². The second-order valence-electron chi connectivity index (χ2n) is 4.99. The van der Waals surface area contributed by atoms with Crippen LogP contribution in [0, 0.1) is 17.0 Å². The maximum atomic E-state index is 12.1. The van der Waals surface area contributed by atoms with Crippen molar-refractivity contribution in [2.75, 3.05) is 10.6 Å². The van der Waals surface area contributed by atoms with Gasteiger partial charge >= 0.3 is 0 Å². The summed E-state index contributed by atoms with van der Waals surface area (Å²) < 4.78 is 1.38. The minimum Gasteiger partial charge on any atom is -0.326 e. The molecule has 0 saturated carbocycles. The van der Waals surface area contributed by atoms with Crippen LogP contribution in [0.25, 0.3) is 0 Å². The van der Waals surface area contributed by atoms with Gasteiger partial charge in [0.05, 0.1) is 11.3 Å². The number of nitrogens with one attached hydrogen (secondary N) is 2. The van der Waals surface area contributed by atoms with Gasteiger partial charge in [0.1, 0.15) is 11.9 Å². The van der Waals surface area contributed by atoms with E-state index in [4.69, 9.17) is 0 Å². The van der Waals surface area contributed by atoms with E-state index in [1.54, 1.807) is 6.92 Å². The highest BCUT2D eigenvalue weighted by atomic mass is 16.6. The Balaban J connectivity index is 1.67. The first-order valence-corrected chi connectivity index (χ1v) is 6.72. The molecule has 10 heteroatoms. The SMILES string of the molecule is Cc1nc2n(n1)[C@@H](CC(=O)Nc1ccc([N+](=O)[O-])cc1)C(=O)N2. The maximum Gasteiger partial charge on any atom is 0.269 e. The smallest absolute Gasteiger partial charge is 0.269 e. The van der Waals surface area contributed by atoms with Gasteiger partial charge in [-0.2, -0.15) is 10.1 Å². The number of aryl methyl sites for hydroxylation is 1. The third-order valence-electron chi connectivity index (χ3n) is 3.31. The second kappa shape index (κ2) is 5.48. The fourth-order valence-electron chi connectivity index (χ4n) is 2.27. The topological polar surface area (TPSA) is 132 Å². The lowest BCUT2D eigenvalue weighted by Gasteiger charge is -2.09. The number of nitrogens with zero attached hydrogens (tertiary/aromatic N) is 4. The Kier molecular flexibility index (Phi) is 3.48. The molecule has 1 atom stereocenters. The Bertz CT molecular complexity index is 797. The molecule has 1 aliphatic rings. The molecule has 3 rings (SSSR count). The van der Waals surface area contributed by atoms with E-state index in [9.17, 15) is 19.7 Å². The van der Waals surface area contributed by atoms with Crippen LogP contribution in [0.1, 0.15) is 18.3 Å². The number of amides is 2. The molecule has 1 aromatic heterocycles. The number of benzene rings is 1. The minimum absolute atomic E-state index is 0.0686. The molecule has 1 aliphatic heterocycles. The van der Waals surface area contributed by atoms with Crippen LogP contribution < -0.4 is 10.6 Å². The number of fused-ring (bicyclic) bond motifs is 1. The lowest BCUT2D eigenvalue weighted by molar-refractivity contribution is -0.384. The summed E-state index contributed by atoms with van der Waals surface area (Å²) in [4.78, 5) is 38.0. The molecule has 0 spiro atoms. The van der Waals surface area contributed by atoms with Crippen LogP contribution in [0.15, 0.2) is 24.3 Å². The number of nitro benzene ring substituents is 1. The van der Waals surface area contributed by atoms with Crippen LogP contribution in [0.5, 0.6) is 0 Å². The van der Waals surface area contributed by atoms with Crippen molar-refractivity contribution in [3.8, 4) is 0 Å². The number of aromatic nitrogens is 3. The molecule has 2 heterocycles. The van der Waals surface area contributed by atoms with Crippen LogP contribution in [-0.2, 0) is 9.59 Å². The average molecular weight is 316 g/mol. The van der Waals surface area contributed by atoms with Gasteiger partial charge < -0.3 is 5.32 Å². The third kappa shape index (κ3) is 2.86. The second-order valence-corrected chi connectivity index (χ2v) is 4.99. The lowest BCUT2D eigenvalue weighted by Crippen LogP contribution is -2.23. The van der Waals surface area contributed by atoms with Crippen molar-refractivity contribution in [1.29, 1.82) is 0 Å². The molecule has 0 fully saturated rings. The van der Waals surface area contributed by atoms with Crippen molar-refractivity contribution in [2.45, 2.75) is 19.4 Å². The fraction of sp³-hybridized carbons (Fsp3) is 0.231. The third-order valence-corrected chi connectivity index (χ3v) is 3.31. The van der Waals surface area contributed by atoms with Crippen LogP contribution in [-0.4, -0.2) is 31.5 Å². The van der Waals surface area contributed by atoms with Crippen molar-refractivity contribution in [3.63, 3.8) is 0 Å². The summed E-state index contributed by atoms with van der Waals surface area (Å²) in [6, 6.07) is 4.67. The highest BCUT2D eigenvalue weighted by molar-refractivity contribution is 6.00. The van der Waals surface area contributed by atoms with Gasteiger partial charge in [-0.3, -0.25) is 25.0 Å². The first-order valence-electron chi connectivity index (χ1n) is 6.72. The number of rotatable bonds is 4. The predicted octanol–water partition coefficient (Wildman–Crippen LogP) is 1.02. The van der Waals surface area contributed by atoms with Gasteiger partial charge in [-0.05, 0) is 19.1 Å². The van der Waals surface area contributed by atoms with Crippen molar-refractivity contribution >= 4 is 29.1 Å². The Hall–Kier alpha value is -3.30. The first kappa shape index (κ1) is 14.6. The van der Waals surface area contributed by atoms with Crippen LogP contribution >= 0.6 is 0 Å². The van der Waals surface area contributed by atoms with Crippen LogP contribution in [0.2, 0.25) is 0 Å². The van der Waals surface area contributed by atoms with Gasteiger partial charge in [0, 0.05) is 17.8 Å². The predicted molar refractivity (Wildman–Crippen MR) is 78.8 cm³/mol. The van der Waals surface area contributed by atoms with E-state index in [1.807, 2.05) is 0 Å². The molecule has 0 bridgehead atoms. The first-order chi connectivity index (χ1) is 10.9. The molecule has 2 N–H and O–H groups in total. The number of hydrogen-bond donors (Lipinski definition) is 2. The van der Waals surface area contributed by atoms with Crippen molar-refractivity contribution in [3.05, 3.63) is 40.2 Å². The molecule has 118 valence electrons. The summed E-state index contributed by atoms with van der Waals surface area (Å²) in [5.74, 6) is 0.0697. The zero-order valence-electron chi connectivity index (χ0n) is 12.0. The largest absolute Gasteiger partial charge is 0.326 e. The summed E-state index contributed by atoms with van der Waals surface area (Å²) in [5, 5.41) is 19.8. The van der Waals surface area contributed by atoms with Gasteiger partial charge in [0.25, 0.3) is 11.6 Å². The lowest BCUT2D eigenvalue weighted by atomic mass is 10.2. The molecule has 0 aliphatic carbocycles. The number of carbonyl (C=O) groups is 2. The van der Waals surface area contributed by atoms with E-state index in [1.165, 1.54) is 28.9 Å². The molecule has 10 nitrogen and oxygen atoms in total. The number of hydrogen-bond acceptors (Lipinski definition) is 6. The van der Waals surface area contributed by atoms with E-state index < -0.39 is 16.9 Å². The monoisotopic (exact) mass is 316 g/mol. The maximum absolute atomic E-state index is 12.1. The van der Waals surface area contributed by atoms with E-state index in [0.717, 1.165) is 0 Å². The molecule has 2 amide bonds. The number of anilines is 2. The van der Waals surface area contributed by atoms with Crippen molar-refractivity contribution < 1.29 is 14.5 Å². The highest BCUT2D eigenvalue weighted by Crippen LogP contribution is 2.25. The molecule has 0 unspecified atom stereocenters. The molecule has 1 aromatic carbocycles. The number of carbonyl (C=O) groups excluding carboxylic acids is 2. The van der Waals surface area contributed by atoms with Gasteiger partial charge in [0.2, 0.25) is 11.9 Å². The van der Waals surface area contributed by atoms with E-state index >= 15 is 0 Å². The molecule has 0 saturated heterocycles. The summed E-state index contributed by atoms with van der Waals surface area (Å²) in [7, 11) is 0. The molecule has 2 aromatic rings. The molecule has 23 heavy (non-hydrogen) atoms. The Morgan fingerprint density at radius 2 is 2.13 bits per heavy atom. The van der Waals surface area contributed by atoms with Crippen molar-refractivity contribution in [2.24, 2.45) is 0 Å². The Morgan fingerprint density at radius 3 is 2.78 bits per heavy atom. The van der Waals surface area contributed by atoms with E-state index in [2.05, 4.69) is 20.7 Å². The van der Waals surface area contributed by atoms with Crippen molar-refractivity contribution in [1.82, 2.24) is 14.8 Å². The number of nitro groups is 1. The molecular weight excluding hydrogens is 304 g/mol.